The highest BCUT2D eigenvalue weighted by molar-refractivity contribution is 6.05. The lowest BCUT2D eigenvalue weighted by molar-refractivity contribution is 0.102. The van der Waals surface area contributed by atoms with Crippen LogP contribution in [0.4, 0.5) is 5.69 Å². The molecule has 0 aliphatic carbocycles. The van der Waals surface area contributed by atoms with Gasteiger partial charge in [0.2, 0.25) is 5.88 Å². The number of benzene rings is 2. The highest BCUT2D eigenvalue weighted by Gasteiger charge is 2.16. The molecular formula is C25H19N5O5. The van der Waals surface area contributed by atoms with Gasteiger partial charge in [0.1, 0.15) is 11.3 Å². The Balaban J connectivity index is 1.27. The predicted octanol–water partition coefficient (Wildman–Crippen LogP) is 4.13. The summed E-state index contributed by atoms with van der Waals surface area (Å²) in [4.78, 5) is 25.1. The van der Waals surface area contributed by atoms with Crippen molar-refractivity contribution in [2.75, 3.05) is 12.4 Å². The number of para-hydroxylation sites is 1. The molecule has 0 bridgehead atoms. The molecule has 2 aromatic carbocycles. The van der Waals surface area contributed by atoms with E-state index >= 15 is 0 Å². The third-order valence-corrected chi connectivity index (χ3v) is 5.11. The highest BCUT2D eigenvalue weighted by Crippen LogP contribution is 2.25. The van der Waals surface area contributed by atoms with Crippen LogP contribution in [0.2, 0.25) is 0 Å². The lowest BCUT2D eigenvalue weighted by atomic mass is 10.1. The van der Waals surface area contributed by atoms with E-state index in [1.54, 1.807) is 65.5 Å². The van der Waals surface area contributed by atoms with E-state index in [9.17, 15) is 9.59 Å². The van der Waals surface area contributed by atoms with Crippen LogP contribution in [0.3, 0.4) is 0 Å². The third-order valence-electron chi connectivity index (χ3n) is 5.11. The number of aryl methyl sites for hydroxylation is 1. The minimum Gasteiger partial charge on any atom is -0.493 e. The Labute approximate surface area is 198 Å². The second kappa shape index (κ2) is 9.10. The summed E-state index contributed by atoms with van der Waals surface area (Å²) in [6.07, 6.45) is 1.80. The summed E-state index contributed by atoms with van der Waals surface area (Å²) in [6, 6.07) is 18.5. The van der Waals surface area contributed by atoms with Crippen molar-refractivity contribution in [2.24, 2.45) is 0 Å². The molecule has 10 nitrogen and oxygen atoms in total. The van der Waals surface area contributed by atoms with Crippen LogP contribution in [-0.2, 0) is 0 Å². The fraction of sp³-hybridized carbons (Fsp3) is 0.0800. The quantitative estimate of drug-likeness (QED) is 0.369. The molecular weight excluding hydrogens is 450 g/mol. The molecule has 1 amide bonds. The lowest BCUT2D eigenvalue weighted by Gasteiger charge is -2.08. The summed E-state index contributed by atoms with van der Waals surface area (Å²) < 4.78 is 17.9. The number of hydrogen-bond donors (Lipinski definition) is 1. The van der Waals surface area contributed by atoms with Gasteiger partial charge in [0.25, 0.3) is 5.91 Å². The van der Waals surface area contributed by atoms with E-state index in [1.807, 2.05) is 13.0 Å². The fourth-order valence-corrected chi connectivity index (χ4v) is 3.39. The number of carbonyl (C=O) groups is 1. The van der Waals surface area contributed by atoms with Crippen LogP contribution >= 0.6 is 0 Å². The molecule has 0 saturated carbocycles. The molecule has 5 aromatic rings. The van der Waals surface area contributed by atoms with Crippen LogP contribution in [0.25, 0.3) is 16.8 Å². The van der Waals surface area contributed by atoms with Gasteiger partial charge in [-0.3, -0.25) is 4.79 Å². The number of nitrogens with zero attached hydrogens (tertiary/aromatic N) is 4. The summed E-state index contributed by atoms with van der Waals surface area (Å²) in [7, 11) is 1.48. The number of rotatable bonds is 6. The maximum absolute atomic E-state index is 12.7. The van der Waals surface area contributed by atoms with Gasteiger partial charge >= 0.3 is 5.63 Å². The van der Waals surface area contributed by atoms with Crippen LogP contribution in [0, 0.1) is 6.92 Å². The Hall–Kier alpha value is -4.99. The van der Waals surface area contributed by atoms with Gasteiger partial charge in [-0.25, -0.2) is 9.48 Å². The zero-order valence-corrected chi connectivity index (χ0v) is 18.8. The molecule has 0 radical (unpaired) electrons. The van der Waals surface area contributed by atoms with E-state index in [0.29, 0.717) is 34.3 Å². The average Bonchev–Trinajstić information content (AvgIpc) is 3.31. The number of ether oxygens (including phenoxy) is 2. The number of hydrogen-bond acceptors (Lipinski definition) is 8. The van der Waals surface area contributed by atoms with Crippen LogP contribution < -0.4 is 20.4 Å². The highest BCUT2D eigenvalue weighted by atomic mass is 16.5. The maximum Gasteiger partial charge on any atom is 0.349 e. The van der Waals surface area contributed by atoms with E-state index in [2.05, 4.69) is 20.6 Å². The van der Waals surface area contributed by atoms with Crippen molar-refractivity contribution < 1.29 is 18.7 Å². The monoisotopic (exact) mass is 469 g/mol. The molecule has 1 N–H and O–H groups in total. The van der Waals surface area contributed by atoms with Gasteiger partial charge in [-0.05, 0) is 55.5 Å². The molecule has 5 rings (SSSR count). The normalized spacial score (nSPS) is 10.8. The van der Waals surface area contributed by atoms with Crippen molar-refractivity contribution in [2.45, 2.75) is 6.92 Å². The molecule has 3 heterocycles. The summed E-state index contributed by atoms with van der Waals surface area (Å²) in [5.74, 6) is 1.20. The number of methoxy groups -OCH3 is 1. The van der Waals surface area contributed by atoms with Crippen LogP contribution in [0.15, 0.2) is 82.1 Å². The molecule has 0 spiro atoms. The van der Waals surface area contributed by atoms with Gasteiger partial charge < -0.3 is 19.2 Å². The zero-order chi connectivity index (χ0) is 24.4. The van der Waals surface area contributed by atoms with Gasteiger partial charge in [-0.2, -0.15) is 5.10 Å². The molecule has 174 valence electrons. The standard InChI is InChI=1S/C25H19N5O5/c1-15-12-13-30(29-15)21-10-11-22(28-27-21)34-18-8-6-17(7-9-18)26-24(31)19-14-16-4-3-5-20(33-2)23(16)35-25(19)32/h3-14H,1-2H3,(H,26,31). The van der Waals surface area contributed by atoms with Gasteiger partial charge in [-0.15, -0.1) is 10.2 Å². The van der Waals surface area contributed by atoms with Gasteiger partial charge in [0, 0.05) is 23.3 Å². The largest absolute Gasteiger partial charge is 0.493 e. The van der Waals surface area contributed by atoms with Gasteiger partial charge in [-0.1, -0.05) is 12.1 Å². The zero-order valence-electron chi connectivity index (χ0n) is 18.8. The van der Waals surface area contributed by atoms with E-state index in [4.69, 9.17) is 13.9 Å². The Morgan fingerprint density at radius 3 is 2.54 bits per heavy atom. The Bertz CT molecular complexity index is 1570. The van der Waals surface area contributed by atoms with Crippen LogP contribution in [0.1, 0.15) is 16.1 Å². The van der Waals surface area contributed by atoms with Crippen molar-refractivity contribution in [3.8, 4) is 23.2 Å². The Morgan fingerprint density at radius 2 is 1.86 bits per heavy atom. The summed E-state index contributed by atoms with van der Waals surface area (Å²) >= 11 is 0. The topological polar surface area (TPSA) is 121 Å². The molecule has 0 aliphatic rings. The number of amides is 1. The van der Waals surface area contributed by atoms with E-state index in [1.165, 1.54) is 13.2 Å². The van der Waals surface area contributed by atoms with Crippen molar-refractivity contribution >= 4 is 22.6 Å². The van der Waals surface area contributed by atoms with Crippen molar-refractivity contribution in [3.63, 3.8) is 0 Å². The van der Waals surface area contributed by atoms with Gasteiger partial charge in [0.05, 0.1) is 12.8 Å². The van der Waals surface area contributed by atoms with E-state index in [0.717, 1.165) is 5.69 Å². The van der Waals surface area contributed by atoms with Crippen molar-refractivity contribution in [1.29, 1.82) is 0 Å². The number of anilines is 1. The van der Waals surface area contributed by atoms with Crippen molar-refractivity contribution in [1.82, 2.24) is 20.0 Å². The fourth-order valence-electron chi connectivity index (χ4n) is 3.39. The Morgan fingerprint density at radius 1 is 1.03 bits per heavy atom. The minimum absolute atomic E-state index is 0.117. The SMILES string of the molecule is COc1cccc2cc(C(=O)Nc3ccc(Oc4ccc(-n5ccc(C)n5)nn4)cc3)c(=O)oc12. The number of fused-ring (bicyclic) bond motifs is 1. The molecule has 35 heavy (non-hydrogen) atoms. The molecule has 0 saturated heterocycles. The summed E-state index contributed by atoms with van der Waals surface area (Å²) in [5.41, 5.74) is 0.762. The third kappa shape index (κ3) is 4.58. The number of aromatic nitrogens is 4. The van der Waals surface area contributed by atoms with E-state index < -0.39 is 11.5 Å². The molecule has 10 heteroatoms. The first-order chi connectivity index (χ1) is 17.0. The molecule has 0 fully saturated rings. The Kier molecular flexibility index (Phi) is 5.68. The molecule has 0 aliphatic heterocycles. The second-order valence-electron chi connectivity index (χ2n) is 7.54. The first-order valence-corrected chi connectivity index (χ1v) is 10.6. The average molecular weight is 469 g/mol. The van der Waals surface area contributed by atoms with Gasteiger partial charge in [0.15, 0.2) is 17.2 Å². The number of carbonyl (C=O) groups excluding carboxylic acids is 1. The lowest BCUT2D eigenvalue weighted by Crippen LogP contribution is -2.20. The molecule has 3 aromatic heterocycles. The molecule has 0 atom stereocenters. The van der Waals surface area contributed by atoms with Crippen LogP contribution in [-0.4, -0.2) is 33.0 Å². The van der Waals surface area contributed by atoms with Crippen LogP contribution in [0.5, 0.6) is 17.4 Å². The minimum atomic E-state index is -0.758. The van der Waals surface area contributed by atoms with Crippen molar-refractivity contribution in [3.05, 3.63) is 94.6 Å². The predicted molar refractivity (Wildman–Crippen MR) is 127 cm³/mol. The summed E-state index contributed by atoms with van der Waals surface area (Å²) in [5, 5.41) is 15.7. The number of nitrogens with one attached hydrogen (secondary N) is 1. The molecule has 0 unspecified atom stereocenters. The second-order valence-corrected chi connectivity index (χ2v) is 7.54. The first-order valence-electron chi connectivity index (χ1n) is 10.6. The maximum atomic E-state index is 12.7. The first kappa shape index (κ1) is 21.8. The summed E-state index contributed by atoms with van der Waals surface area (Å²) in [6.45, 7) is 1.89. The smallest absolute Gasteiger partial charge is 0.349 e. The van der Waals surface area contributed by atoms with E-state index in [-0.39, 0.29) is 11.1 Å².